The minimum absolute atomic E-state index is 0.0599. The molecule has 1 saturated heterocycles. The number of nitrogens with two attached hydrogens (primary N) is 1. The monoisotopic (exact) mass is 568 g/mol. The van der Waals surface area contributed by atoms with Crippen molar-refractivity contribution in [1.82, 2.24) is 0 Å². The van der Waals surface area contributed by atoms with Crippen LogP contribution < -0.4 is 19.5 Å². The molecule has 35 heavy (non-hydrogen) atoms. The van der Waals surface area contributed by atoms with E-state index in [1.165, 1.54) is 38.5 Å². The van der Waals surface area contributed by atoms with Crippen LogP contribution in [0, 0.1) is 11.6 Å². The molecule has 4 rings (SSSR count). The summed E-state index contributed by atoms with van der Waals surface area (Å²) in [5.41, 5.74) is 6.26. The smallest absolute Gasteiger partial charge is 0.264 e. The van der Waals surface area contributed by atoms with Crippen molar-refractivity contribution in [3.63, 3.8) is 0 Å². The molecule has 0 saturated carbocycles. The molecule has 2 atom stereocenters. The third kappa shape index (κ3) is 5.27. The first kappa shape index (κ1) is 25.4. The van der Waals surface area contributed by atoms with E-state index in [0.29, 0.717) is 15.8 Å². The summed E-state index contributed by atoms with van der Waals surface area (Å²) < 4.78 is 74.2. The molecule has 0 bridgehead atoms. The molecular weight excluding hydrogens is 546 g/mol. The highest BCUT2D eigenvalue weighted by molar-refractivity contribution is 9.10. The predicted molar refractivity (Wildman–Crippen MR) is 130 cm³/mol. The van der Waals surface area contributed by atoms with E-state index in [9.17, 15) is 17.2 Å². The molecule has 3 aromatic rings. The molecule has 3 aromatic carbocycles. The van der Waals surface area contributed by atoms with Gasteiger partial charge >= 0.3 is 0 Å². The third-order valence-corrected chi connectivity index (χ3v) is 7.92. The number of anilines is 1. The summed E-state index contributed by atoms with van der Waals surface area (Å²) in [6.07, 6.45) is -1.32. The summed E-state index contributed by atoms with van der Waals surface area (Å²) in [5.74, 6) is -0.849. The highest BCUT2D eigenvalue weighted by atomic mass is 79.9. The van der Waals surface area contributed by atoms with Crippen LogP contribution in [0.2, 0.25) is 0 Å². The Morgan fingerprint density at radius 1 is 1.03 bits per heavy atom. The lowest BCUT2D eigenvalue weighted by atomic mass is 10.0. The molecule has 0 radical (unpaired) electrons. The number of epoxide rings is 1. The van der Waals surface area contributed by atoms with Crippen LogP contribution in [0.25, 0.3) is 0 Å². The van der Waals surface area contributed by atoms with Gasteiger partial charge < -0.3 is 19.9 Å². The second-order valence-corrected chi connectivity index (χ2v) is 10.6. The van der Waals surface area contributed by atoms with E-state index in [1.54, 1.807) is 18.2 Å². The minimum atomic E-state index is -4.18. The minimum Gasteiger partial charge on any atom is -0.493 e. The topological polar surface area (TPSA) is 94.4 Å². The maximum Gasteiger partial charge on any atom is 0.264 e. The summed E-state index contributed by atoms with van der Waals surface area (Å²) >= 11 is 3.37. The molecule has 0 spiro atoms. The molecule has 7 nitrogen and oxygen atoms in total. The Morgan fingerprint density at radius 3 is 2.29 bits per heavy atom. The number of nitrogens with zero attached hydrogens (tertiary/aromatic N) is 1. The number of sulfonamides is 1. The molecule has 186 valence electrons. The Balaban J connectivity index is 1.83. The van der Waals surface area contributed by atoms with Crippen molar-refractivity contribution in [2.75, 3.05) is 25.1 Å². The van der Waals surface area contributed by atoms with E-state index in [-0.39, 0.29) is 34.9 Å². The van der Waals surface area contributed by atoms with Crippen LogP contribution in [0.5, 0.6) is 11.5 Å². The fourth-order valence-corrected chi connectivity index (χ4v) is 5.67. The first-order valence-electron chi connectivity index (χ1n) is 10.5. The largest absolute Gasteiger partial charge is 0.493 e. The van der Waals surface area contributed by atoms with Crippen LogP contribution in [-0.2, 0) is 21.2 Å². The second kappa shape index (κ2) is 10.1. The zero-order chi connectivity index (χ0) is 25.3. The first-order valence-corrected chi connectivity index (χ1v) is 12.8. The van der Waals surface area contributed by atoms with Crippen molar-refractivity contribution >= 4 is 31.6 Å². The van der Waals surface area contributed by atoms with Crippen LogP contribution in [-0.4, -0.2) is 41.5 Å². The molecule has 1 heterocycles. The van der Waals surface area contributed by atoms with E-state index in [1.807, 2.05) is 0 Å². The number of methoxy groups -OCH3 is 2. The lowest BCUT2D eigenvalue weighted by Crippen LogP contribution is -2.36. The van der Waals surface area contributed by atoms with Crippen molar-refractivity contribution in [2.24, 2.45) is 5.73 Å². The van der Waals surface area contributed by atoms with Crippen LogP contribution in [0.4, 0.5) is 14.5 Å². The van der Waals surface area contributed by atoms with Gasteiger partial charge in [-0.1, -0.05) is 22.0 Å². The number of rotatable bonds is 9. The highest BCUT2D eigenvalue weighted by Gasteiger charge is 2.41. The van der Waals surface area contributed by atoms with Gasteiger partial charge in [0.15, 0.2) is 11.5 Å². The summed E-state index contributed by atoms with van der Waals surface area (Å²) in [4.78, 5) is -0.0599. The van der Waals surface area contributed by atoms with Gasteiger partial charge in [0, 0.05) is 22.5 Å². The normalized spacial score (nSPS) is 17.2. The van der Waals surface area contributed by atoms with Gasteiger partial charge in [-0.25, -0.2) is 17.2 Å². The molecule has 0 amide bonds. The molecule has 0 aliphatic carbocycles. The lowest BCUT2D eigenvalue weighted by Gasteiger charge is -2.27. The fourth-order valence-electron chi connectivity index (χ4n) is 3.73. The number of halogens is 3. The van der Waals surface area contributed by atoms with Crippen molar-refractivity contribution < 1.29 is 31.4 Å². The van der Waals surface area contributed by atoms with E-state index < -0.39 is 34.0 Å². The summed E-state index contributed by atoms with van der Waals surface area (Å²) in [5, 5.41) is 0. The molecule has 1 aliphatic rings. The molecule has 1 aliphatic heterocycles. The Bertz CT molecular complexity index is 1340. The van der Waals surface area contributed by atoms with Crippen LogP contribution in [0.15, 0.2) is 64.0 Å². The van der Waals surface area contributed by atoms with Gasteiger partial charge in [-0.2, -0.15) is 0 Å². The summed E-state index contributed by atoms with van der Waals surface area (Å²) in [6, 6.07) is 12.7. The molecular formula is C24H23BrF2N2O5S. The predicted octanol–water partition coefficient (Wildman–Crippen LogP) is 4.21. The fraction of sp³-hybridized carbons (Fsp3) is 0.250. The maximum atomic E-state index is 14.4. The SMILES string of the molecule is COc1ccc(S(=O)(=O)N(CC2OC2N)c2ccc(Br)cc2Cc2c(F)cccc2F)cc1OC. The molecule has 1 fully saturated rings. The van der Waals surface area contributed by atoms with E-state index in [4.69, 9.17) is 19.9 Å². The highest BCUT2D eigenvalue weighted by Crippen LogP contribution is 2.36. The van der Waals surface area contributed by atoms with Gasteiger partial charge in [-0.05, 0) is 48.0 Å². The zero-order valence-corrected chi connectivity index (χ0v) is 21.3. The number of hydrogen-bond donors (Lipinski definition) is 1. The second-order valence-electron chi connectivity index (χ2n) is 7.84. The molecule has 2 unspecified atom stereocenters. The van der Waals surface area contributed by atoms with Crippen molar-refractivity contribution in [3.05, 3.63) is 81.8 Å². The number of benzene rings is 3. The number of ether oxygens (including phenoxy) is 3. The van der Waals surface area contributed by atoms with E-state index in [0.717, 1.165) is 16.4 Å². The Kier molecular flexibility index (Phi) is 7.32. The first-order chi connectivity index (χ1) is 16.6. The van der Waals surface area contributed by atoms with Gasteiger partial charge in [0.05, 0.1) is 31.3 Å². The van der Waals surface area contributed by atoms with E-state index >= 15 is 0 Å². The standard InChI is InChI=1S/C24H23BrF2N2O5S/c1-32-21-9-7-16(12-22(21)33-2)35(30,31)29(13-23-24(28)34-23)20-8-6-15(25)10-14(20)11-17-18(26)4-3-5-19(17)27/h3-10,12,23-24H,11,13,28H2,1-2H3. The molecule has 11 heteroatoms. The van der Waals surface area contributed by atoms with Crippen molar-refractivity contribution in [1.29, 1.82) is 0 Å². The Labute approximate surface area is 210 Å². The maximum absolute atomic E-state index is 14.4. The lowest BCUT2D eigenvalue weighted by molar-refractivity contribution is 0.354. The van der Waals surface area contributed by atoms with Crippen molar-refractivity contribution in [2.45, 2.75) is 23.6 Å². The average molecular weight is 569 g/mol. The van der Waals surface area contributed by atoms with Crippen molar-refractivity contribution in [3.8, 4) is 11.5 Å². The van der Waals surface area contributed by atoms with Crippen LogP contribution >= 0.6 is 15.9 Å². The quantitative estimate of drug-likeness (QED) is 0.388. The van der Waals surface area contributed by atoms with Gasteiger partial charge in [0.25, 0.3) is 10.0 Å². The van der Waals surface area contributed by atoms with Crippen LogP contribution in [0.1, 0.15) is 11.1 Å². The number of hydrogen-bond acceptors (Lipinski definition) is 6. The Morgan fingerprint density at radius 2 is 1.69 bits per heavy atom. The van der Waals surface area contributed by atoms with Gasteiger partial charge in [-0.3, -0.25) is 4.31 Å². The molecule has 2 N–H and O–H groups in total. The third-order valence-electron chi connectivity index (χ3n) is 5.65. The van der Waals surface area contributed by atoms with Gasteiger partial charge in [-0.15, -0.1) is 0 Å². The molecule has 0 aromatic heterocycles. The van der Waals surface area contributed by atoms with Gasteiger partial charge in [0.1, 0.15) is 24.0 Å². The van der Waals surface area contributed by atoms with Crippen LogP contribution in [0.3, 0.4) is 0 Å². The summed E-state index contributed by atoms with van der Waals surface area (Å²) in [7, 11) is -1.33. The zero-order valence-electron chi connectivity index (χ0n) is 18.9. The summed E-state index contributed by atoms with van der Waals surface area (Å²) in [6.45, 7) is -0.0910. The Hall–Kier alpha value is -2.73. The van der Waals surface area contributed by atoms with Gasteiger partial charge in [0.2, 0.25) is 0 Å². The van der Waals surface area contributed by atoms with E-state index in [2.05, 4.69) is 15.9 Å². The average Bonchev–Trinajstić information content (AvgIpc) is 3.54.